The first-order valence-electron chi connectivity index (χ1n) is 6.43. The highest BCUT2D eigenvalue weighted by molar-refractivity contribution is 6.31. The van der Waals surface area contributed by atoms with Gasteiger partial charge in [0.25, 0.3) is 0 Å². The van der Waals surface area contributed by atoms with Gasteiger partial charge in [-0.05, 0) is 30.0 Å². The summed E-state index contributed by atoms with van der Waals surface area (Å²) in [4.78, 5) is 11.1. The van der Waals surface area contributed by atoms with Gasteiger partial charge in [0.2, 0.25) is 0 Å². The summed E-state index contributed by atoms with van der Waals surface area (Å²) >= 11 is 5.53. The first-order chi connectivity index (χ1) is 9.61. The molecule has 2 N–H and O–H groups in total. The Labute approximate surface area is 126 Å². The SMILES string of the molecule is CC(C)C[C@@H](NCc1ccc(Cl)c(C(F)(F)F)c1)C(=O)O. The van der Waals surface area contributed by atoms with E-state index in [0.29, 0.717) is 12.0 Å². The molecule has 118 valence electrons. The highest BCUT2D eigenvalue weighted by Crippen LogP contribution is 2.35. The van der Waals surface area contributed by atoms with Crippen LogP contribution < -0.4 is 5.32 Å². The average molecular weight is 324 g/mol. The number of aliphatic carboxylic acids is 1. The standard InChI is InChI=1S/C14H17ClF3NO2/c1-8(2)5-12(13(20)21)19-7-9-3-4-11(15)10(6-9)14(16,17)18/h3-4,6,8,12,19H,5,7H2,1-2H3,(H,20,21)/t12-/m1/s1. The van der Waals surface area contributed by atoms with Crippen molar-refractivity contribution in [3.8, 4) is 0 Å². The van der Waals surface area contributed by atoms with E-state index in [4.69, 9.17) is 16.7 Å². The predicted molar refractivity (Wildman–Crippen MR) is 74.2 cm³/mol. The van der Waals surface area contributed by atoms with Gasteiger partial charge in [-0.2, -0.15) is 13.2 Å². The smallest absolute Gasteiger partial charge is 0.417 e. The van der Waals surface area contributed by atoms with Crippen LogP contribution in [0, 0.1) is 5.92 Å². The number of hydrogen-bond donors (Lipinski definition) is 2. The number of carboxylic acid groups (broad SMARTS) is 1. The lowest BCUT2D eigenvalue weighted by molar-refractivity contribution is -0.140. The van der Waals surface area contributed by atoms with Crippen molar-refractivity contribution in [1.29, 1.82) is 0 Å². The Bertz CT molecular complexity index is 503. The van der Waals surface area contributed by atoms with Crippen molar-refractivity contribution in [2.75, 3.05) is 0 Å². The van der Waals surface area contributed by atoms with E-state index in [1.807, 2.05) is 13.8 Å². The Balaban J connectivity index is 2.81. The second-order valence-electron chi connectivity index (χ2n) is 5.21. The van der Waals surface area contributed by atoms with Crippen molar-refractivity contribution in [2.24, 2.45) is 5.92 Å². The maximum atomic E-state index is 12.7. The van der Waals surface area contributed by atoms with Gasteiger partial charge in [0.1, 0.15) is 6.04 Å². The van der Waals surface area contributed by atoms with Crippen molar-refractivity contribution in [1.82, 2.24) is 5.32 Å². The highest BCUT2D eigenvalue weighted by atomic mass is 35.5. The molecule has 0 heterocycles. The number of carbonyl (C=O) groups is 1. The van der Waals surface area contributed by atoms with E-state index in [0.717, 1.165) is 6.07 Å². The lowest BCUT2D eigenvalue weighted by Crippen LogP contribution is -2.37. The molecular formula is C14H17ClF3NO2. The molecule has 0 bridgehead atoms. The monoisotopic (exact) mass is 323 g/mol. The lowest BCUT2D eigenvalue weighted by atomic mass is 10.0. The molecule has 21 heavy (non-hydrogen) atoms. The normalized spacial score (nSPS) is 13.5. The zero-order chi connectivity index (χ0) is 16.2. The molecule has 1 rings (SSSR count). The van der Waals surface area contributed by atoms with E-state index in [1.165, 1.54) is 12.1 Å². The van der Waals surface area contributed by atoms with E-state index in [2.05, 4.69) is 5.32 Å². The van der Waals surface area contributed by atoms with Crippen LogP contribution in [0.4, 0.5) is 13.2 Å². The minimum absolute atomic E-state index is 0.0317. The minimum atomic E-state index is -4.53. The number of benzene rings is 1. The third kappa shape index (κ3) is 5.55. The quantitative estimate of drug-likeness (QED) is 0.833. The van der Waals surface area contributed by atoms with Crippen LogP contribution in [0.2, 0.25) is 5.02 Å². The fraction of sp³-hybridized carbons (Fsp3) is 0.500. The van der Waals surface area contributed by atoms with E-state index < -0.39 is 23.8 Å². The Morgan fingerprint density at radius 3 is 2.48 bits per heavy atom. The van der Waals surface area contributed by atoms with Crippen LogP contribution in [-0.2, 0) is 17.5 Å². The van der Waals surface area contributed by atoms with Gasteiger partial charge in [-0.3, -0.25) is 4.79 Å². The zero-order valence-electron chi connectivity index (χ0n) is 11.7. The molecule has 0 aromatic heterocycles. The molecular weight excluding hydrogens is 307 g/mol. The van der Waals surface area contributed by atoms with Crippen LogP contribution in [0.5, 0.6) is 0 Å². The summed E-state index contributed by atoms with van der Waals surface area (Å²) in [6.07, 6.45) is -4.13. The molecule has 0 aliphatic carbocycles. The topological polar surface area (TPSA) is 49.3 Å². The molecule has 0 aliphatic heterocycles. The Morgan fingerprint density at radius 1 is 1.38 bits per heavy atom. The number of halogens is 4. The third-order valence-corrected chi connectivity index (χ3v) is 3.22. The van der Waals surface area contributed by atoms with Crippen LogP contribution in [0.15, 0.2) is 18.2 Å². The fourth-order valence-corrected chi connectivity index (χ4v) is 2.11. The number of rotatable bonds is 6. The van der Waals surface area contributed by atoms with Gasteiger partial charge in [0, 0.05) is 6.54 Å². The Morgan fingerprint density at radius 2 is 2.00 bits per heavy atom. The van der Waals surface area contributed by atoms with Gasteiger partial charge >= 0.3 is 12.1 Å². The summed E-state index contributed by atoms with van der Waals surface area (Å²) in [5, 5.41) is 11.4. The van der Waals surface area contributed by atoms with Gasteiger partial charge in [-0.25, -0.2) is 0 Å². The molecule has 0 fully saturated rings. The molecule has 1 aromatic rings. The van der Waals surface area contributed by atoms with Gasteiger partial charge in [0.15, 0.2) is 0 Å². The summed E-state index contributed by atoms with van der Waals surface area (Å²) in [5.74, 6) is -0.858. The highest BCUT2D eigenvalue weighted by Gasteiger charge is 2.33. The van der Waals surface area contributed by atoms with Crippen LogP contribution in [0.1, 0.15) is 31.4 Å². The van der Waals surface area contributed by atoms with Crippen molar-refractivity contribution in [2.45, 2.75) is 39.0 Å². The molecule has 0 aliphatic rings. The minimum Gasteiger partial charge on any atom is -0.480 e. The van der Waals surface area contributed by atoms with Crippen LogP contribution in [0.3, 0.4) is 0 Å². The van der Waals surface area contributed by atoms with Gasteiger partial charge in [0.05, 0.1) is 10.6 Å². The fourth-order valence-electron chi connectivity index (χ4n) is 1.88. The lowest BCUT2D eigenvalue weighted by Gasteiger charge is -2.17. The van der Waals surface area contributed by atoms with E-state index in [1.54, 1.807) is 0 Å². The second kappa shape index (κ2) is 7.13. The van der Waals surface area contributed by atoms with Gasteiger partial charge in [-0.1, -0.05) is 31.5 Å². The van der Waals surface area contributed by atoms with Crippen molar-refractivity contribution >= 4 is 17.6 Å². The maximum absolute atomic E-state index is 12.7. The van der Waals surface area contributed by atoms with Crippen molar-refractivity contribution in [3.05, 3.63) is 34.3 Å². The number of nitrogens with one attached hydrogen (secondary N) is 1. The summed E-state index contributed by atoms with van der Waals surface area (Å²) in [6.45, 7) is 3.78. The Kier molecular flexibility index (Phi) is 6.04. The predicted octanol–water partition coefficient (Wildman–Crippen LogP) is 3.95. The molecule has 0 saturated carbocycles. The molecule has 0 unspecified atom stereocenters. The molecule has 0 saturated heterocycles. The van der Waals surface area contributed by atoms with Crippen LogP contribution in [-0.4, -0.2) is 17.1 Å². The summed E-state index contributed by atoms with van der Waals surface area (Å²) in [7, 11) is 0. The van der Waals surface area contributed by atoms with Crippen molar-refractivity contribution < 1.29 is 23.1 Å². The third-order valence-electron chi connectivity index (χ3n) is 2.89. The van der Waals surface area contributed by atoms with Gasteiger partial charge in [-0.15, -0.1) is 0 Å². The Hall–Kier alpha value is -1.27. The zero-order valence-corrected chi connectivity index (χ0v) is 12.4. The average Bonchev–Trinajstić information content (AvgIpc) is 2.33. The molecule has 0 spiro atoms. The molecule has 7 heteroatoms. The maximum Gasteiger partial charge on any atom is 0.417 e. The first-order valence-corrected chi connectivity index (χ1v) is 6.81. The first kappa shape index (κ1) is 17.8. The van der Waals surface area contributed by atoms with Crippen LogP contribution in [0.25, 0.3) is 0 Å². The molecule has 0 amide bonds. The van der Waals surface area contributed by atoms with Crippen LogP contribution >= 0.6 is 11.6 Å². The largest absolute Gasteiger partial charge is 0.480 e. The molecule has 1 atom stereocenters. The number of carboxylic acids is 1. The van der Waals surface area contributed by atoms with Crippen molar-refractivity contribution in [3.63, 3.8) is 0 Å². The summed E-state index contributed by atoms with van der Waals surface area (Å²) < 4.78 is 38.2. The van der Waals surface area contributed by atoms with E-state index in [9.17, 15) is 18.0 Å². The van der Waals surface area contributed by atoms with E-state index in [-0.39, 0.29) is 17.5 Å². The number of alkyl halides is 3. The molecule has 0 radical (unpaired) electrons. The van der Waals surface area contributed by atoms with E-state index >= 15 is 0 Å². The summed E-state index contributed by atoms with van der Waals surface area (Å²) in [6, 6.07) is 2.75. The van der Waals surface area contributed by atoms with Gasteiger partial charge < -0.3 is 10.4 Å². The molecule has 1 aromatic carbocycles. The number of hydrogen-bond acceptors (Lipinski definition) is 2. The second-order valence-corrected chi connectivity index (χ2v) is 5.62. The molecule has 3 nitrogen and oxygen atoms in total. The summed E-state index contributed by atoms with van der Waals surface area (Å²) in [5.41, 5.74) is -0.582.